The minimum atomic E-state index is 0.423. The number of ether oxygens (including phenoxy) is 1. The van der Waals surface area contributed by atoms with Crippen LogP contribution in [-0.4, -0.2) is 50.8 Å². The molecule has 1 rings (SSSR count). The Kier molecular flexibility index (Phi) is 6.45. The highest BCUT2D eigenvalue weighted by Crippen LogP contribution is 2.31. The minimum Gasteiger partial charge on any atom is -0.381 e. The highest BCUT2D eigenvalue weighted by molar-refractivity contribution is 4.87. The van der Waals surface area contributed by atoms with E-state index in [4.69, 9.17) is 4.74 Å². The van der Waals surface area contributed by atoms with Crippen LogP contribution in [0.5, 0.6) is 0 Å². The first-order chi connectivity index (χ1) is 8.13. The average Bonchev–Trinajstić information content (AvgIpc) is 2.36. The Bertz CT molecular complexity index is 202. The molecule has 1 fully saturated rings. The van der Waals surface area contributed by atoms with Gasteiger partial charge in [0.2, 0.25) is 0 Å². The quantitative estimate of drug-likeness (QED) is 0.740. The summed E-state index contributed by atoms with van der Waals surface area (Å²) in [6.07, 6.45) is 3.62. The molecular weight excluding hydrogens is 212 g/mol. The predicted molar refractivity (Wildman–Crippen MR) is 73.4 cm³/mol. The normalized spacial score (nSPS) is 21.7. The van der Waals surface area contributed by atoms with Crippen LogP contribution in [0.4, 0.5) is 0 Å². The predicted octanol–water partition coefficient (Wildman–Crippen LogP) is 2.12. The fraction of sp³-hybridized carbons (Fsp3) is 1.00. The van der Waals surface area contributed by atoms with Gasteiger partial charge in [-0.05, 0) is 45.2 Å². The second kappa shape index (κ2) is 7.34. The summed E-state index contributed by atoms with van der Waals surface area (Å²) in [5, 5.41) is 3.54. The smallest absolute Gasteiger partial charge is 0.0472 e. The zero-order valence-corrected chi connectivity index (χ0v) is 12.1. The Balaban J connectivity index is 2.55. The van der Waals surface area contributed by atoms with Crippen LogP contribution in [-0.2, 0) is 4.74 Å². The maximum absolute atomic E-state index is 5.53. The molecule has 0 amide bonds. The van der Waals surface area contributed by atoms with Crippen LogP contribution in [0.15, 0.2) is 0 Å². The van der Waals surface area contributed by atoms with E-state index in [2.05, 4.69) is 38.0 Å². The van der Waals surface area contributed by atoms with E-state index in [1.54, 1.807) is 0 Å². The van der Waals surface area contributed by atoms with Crippen LogP contribution in [0.25, 0.3) is 0 Å². The van der Waals surface area contributed by atoms with Crippen molar-refractivity contribution in [3.8, 4) is 0 Å². The molecule has 1 unspecified atom stereocenters. The molecule has 0 saturated carbocycles. The molecule has 0 aromatic carbocycles. The van der Waals surface area contributed by atoms with E-state index in [0.29, 0.717) is 11.5 Å². The third kappa shape index (κ3) is 4.57. The first kappa shape index (κ1) is 14.9. The van der Waals surface area contributed by atoms with Crippen LogP contribution in [0.2, 0.25) is 0 Å². The second-order valence-electron chi connectivity index (χ2n) is 5.57. The van der Waals surface area contributed by atoms with Gasteiger partial charge >= 0.3 is 0 Å². The van der Waals surface area contributed by atoms with Gasteiger partial charge in [0.15, 0.2) is 0 Å². The molecule has 1 saturated heterocycles. The molecule has 0 radical (unpaired) electrons. The Hall–Kier alpha value is -0.120. The Labute approximate surface area is 107 Å². The zero-order valence-electron chi connectivity index (χ0n) is 12.1. The highest BCUT2D eigenvalue weighted by Gasteiger charge is 2.33. The summed E-state index contributed by atoms with van der Waals surface area (Å²) in [5.74, 6) is 0. The van der Waals surface area contributed by atoms with E-state index in [9.17, 15) is 0 Å². The van der Waals surface area contributed by atoms with Crippen LogP contribution in [0.3, 0.4) is 0 Å². The molecule has 3 heteroatoms. The fourth-order valence-corrected chi connectivity index (χ4v) is 2.58. The van der Waals surface area contributed by atoms with E-state index in [0.717, 1.165) is 26.3 Å². The standard InChI is InChI=1S/C14H30N2O/c1-5-13(3)16(4)12-14(11-15-6-2)7-9-17-10-8-14/h13,15H,5-12H2,1-4H3. The molecule has 0 spiro atoms. The topological polar surface area (TPSA) is 24.5 Å². The molecule has 1 heterocycles. The van der Waals surface area contributed by atoms with E-state index >= 15 is 0 Å². The van der Waals surface area contributed by atoms with Gasteiger partial charge in [0, 0.05) is 32.3 Å². The third-order valence-electron chi connectivity index (χ3n) is 4.23. The van der Waals surface area contributed by atoms with Crippen molar-refractivity contribution in [2.45, 2.75) is 46.1 Å². The van der Waals surface area contributed by atoms with Crippen molar-refractivity contribution >= 4 is 0 Å². The molecular formula is C14H30N2O. The largest absolute Gasteiger partial charge is 0.381 e. The maximum atomic E-state index is 5.53. The van der Waals surface area contributed by atoms with E-state index in [1.165, 1.54) is 25.8 Å². The Morgan fingerprint density at radius 1 is 1.29 bits per heavy atom. The number of hydrogen-bond acceptors (Lipinski definition) is 3. The van der Waals surface area contributed by atoms with Gasteiger partial charge < -0.3 is 15.0 Å². The Morgan fingerprint density at radius 3 is 2.47 bits per heavy atom. The van der Waals surface area contributed by atoms with Gasteiger partial charge in [0.1, 0.15) is 0 Å². The highest BCUT2D eigenvalue weighted by atomic mass is 16.5. The fourth-order valence-electron chi connectivity index (χ4n) is 2.58. The lowest BCUT2D eigenvalue weighted by Crippen LogP contribution is -2.48. The van der Waals surface area contributed by atoms with Crippen LogP contribution in [0, 0.1) is 5.41 Å². The summed E-state index contributed by atoms with van der Waals surface area (Å²) in [5.41, 5.74) is 0.423. The summed E-state index contributed by atoms with van der Waals surface area (Å²) in [7, 11) is 2.26. The number of nitrogens with one attached hydrogen (secondary N) is 1. The van der Waals surface area contributed by atoms with Crippen LogP contribution >= 0.6 is 0 Å². The molecule has 0 aromatic heterocycles. The zero-order chi connectivity index (χ0) is 12.7. The maximum Gasteiger partial charge on any atom is 0.0472 e. The summed E-state index contributed by atoms with van der Waals surface area (Å²) in [4.78, 5) is 2.52. The van der Waals surface area contributed by atoms with Crippen LogP contribution in [0.1, 0.15) is 40.0 Å². The van der Waals surface area contributed by atoms with Crippen LogP contribution < -0.4 is 5.32 Å². The first-order valence-electron chi connectivity index (χ1n) is 7.12. The lowest BCUT2D eigenvalue weighted by atomic mass is 9.79. The molecule has 0 aliphatic carbocycles. The lowest BCUT2D eigenvalue weighted by Gasteiger charge is -2.41. The molecule has 1 aliphatic rings. The monoisotopic (exact) mass is 242 g/mol. The molecule has 3 nitrogen and oxygen atoms in total. The first-order valence-corrected chi connectivity index (χ1v) is 7.12. The second-order valence-corrected chi connectivity index (χ2v) is 5.57. The van der Waals surface area contributed by atoms with Crippen molar-refractivity contribution in [1.82, 2.24) is 10.2 Å². The summed E-state index contributed by atoms with van der Waals surface area (Å²) in [6, 6.07) is 0.677. The van der Waals surface area contributed by atoms with E-state index in [1.807, 2.05) is 0 Å². The van der Waals surface area contributed by atoms with Gasteiger partial charge in [-0.2, -0.15) is 0 Å². The minimum absolute atomic E-state index is 0.423. The van der Waals surface area contributed by atoms with Gasteiger partial charge in [-0.1, -0.05) is 13.8 Å². The van der Waals surface area contributed by atoms with Crippen molar-refractivity contribution in [3.05, 3.63) is 0 Å². The van der Waals surface area contributed by atoms with Gasteiger partial charge in [0.05, 0.1) is 0 Å². The molecule has 0 bridgehead atoms. The third-order valence-corrected chi connectivity index (χ3v) is 4.23. The number of nitrogens with zero attached hydrogens (tertiary/aromatic N) is 1. The van der Waals surface area contributed by atoms with Crippen molar-refractivity contribution in [1.29, 1.82) is 0 Å². The van der Waals surface area contributed by atoms with Crippen molar-refractivity contribution in [3.63, 3.8) is 0 Å². The van der Waals surface area contributed by atoms with Crippen molar-refractivity contribution in [2.75, 3.05) is 39.9 Å². The summed E-state index contributed by atoms with van der Waals surface area (Å²) >= 11 is 0. The molecule has 0 aromatic rings. The number of rotatable bonds is 7. The van der Waals surface area contributed by atoms with Gasteiger partial charge in [-0.15, -0.1) is 0 Å². The van der Waals surface area contributed by atoms with E-state index in [-0.39, 0.29) is 0 Å². The van der Waals surface area contributed by atoms with Gasteiger partial charge in [-0.25, -0.2) is 0 Å². The number of hydrogen-bond donors (Lipinski definition) is 1. The summed E-state index contributed by atoms with van der Waals surface area (Å²) in [6.45, 7) is 12.0. The molecule has 1 aliphatic heterocycles. The SMILES string of the molecule is CCNCC1(CN(C)C(C)CC)CCOCC1. The van der Waals surface area contributed by atoms with Crippen molar-refractivity contribution in [2.24, 2.45) is 5.41 Å². The summed E-state index contributed by atoms with van der Waals surface area (Å²) < 4.78 is 5.53. The molecule has 17 heavy (non-hydrogen) atoms. The van der Waals surface area contributed by atoms with Gasteiger partial charge in [0.25, 0.3) is 0 Å². The van der Waals surface area contributed by atoms with Gasteiger partial charge in [-0.3, -0.25) is 0 Å². The van der Waals surface area contributed by atoms with E-state index < -0.39 is 0 Å². The molecule has 1 atom stereocenters. The molecule has 102 valence electrons. The average molecular weight is 242 g/mol. The Morgan fingerprint density at radius 2 is 1.94 bits per heavy atom. The molecule has 1 N–H and O–H groups in total. The van der Waals surface area contributed by atoms with Crippen molar-refractivity contribution < 1.29 is 4.74 Å². The lowest BCUT2D eigenvalue weighted by molar-refractivity contribution is -0.00559.